The lowest BCUT2D eigenvalue weighted by Gasteiger charge is -2.27. The SMILES string of the molecule is COc1ccc2nc(N(CCCN3CCOCC3)C(=O)c3ccc(C)c(C)c3)sc2c1. The number of carbonyl (C=O) groups is 1. The maximum Gasteiger partial charge on any atom is 0.260 e. The van der Waals surface area contributed by atoms with Gasteiger partial charge in [0, 0.05) is 31.7 Å². The lowest BCUT2D eigenvalue weighted by molar-refractivity contribution is 0.0376. The molecule has 0 aliphatic carbocycles. The van der Waals surface area contributed by atoms with Crippen LogP contribution in [0.15, 0.2) is 36.4 Å². The van der Waals surface area contributed by atoms with Gasteiger partial charge in [-0.05, 0) is 61.7 Å². The monoisotopic (exact) mass is 439 g/mol. The van der Waals surface area contributed by atoms with E-state index in [4.69, 9.17) is 14.5 Å². The number of thiazole rings is 1. The number of carbonyl (C=O) groups excluding carboxylic acids is 1. The van der Waals surface area contributed by atoms with Crippen LogP contribution in [0.3, 0.4) is 0 Å². The zero-order chi connectivity index (χ0) is 21.8. The number of fused-ring (bicyclic) bond motifs is 1. The molecule has 4 rings (SSSR count). The number of aromatic nitrogens is 1. The van der Waals surface area contributed by atoms with Crippen LogP contribution in [0.1, 0.15) is 27.9 Å². The number of rotatable bonds is 7. The average molecular weight is 440 g/mol. The molecule has 1 aromatic heterocycles. The number of amides is 1. The molecule has 2 heterocycles. The van der Waals surface area contributed by atoms with E-state index in [9.17, 15) is 4.79 Å². The normalized spacial score (nSPS) is 14.7. The third-order valence-electron chi connectivity index (χ3n) is 5.77. The zero-order valence-electron chi connectivity index (χ0n) is 18.4. The highest BCUT2D eigenvalue weighted by atomic mass is 32.1. The lowest BCUT2D eigenvalue weighted by atomic mass is 10.1. The summed E-state index contributed by atoms with van der Waals surface area (Å²) < 4.78 is 11.8. The number of nitrogens with zero attached hydrogens (tertiary/aromatic N) is 3. The average Bonchev–Trinajstić information content (AvgIpc) is 3.21. The van der Waals surface area contributed by atoms with Crippen molar-refractivity contribution >= 4 is 32.6 Å². The van der Waals surface area contributed by atoms with Crippen molar-refractivity contribution < 1.29 is 14.3 Å². The quantitative estimate of drug-likeness (QED) is 0.550. The van der Waals surface area contributed by atoms with Crippen LogP contribution in [-0.4, -0.2) is 62.3 Å². The molecule has 6 nitrogen and oxygen atoms in total. The lowest BCUT2D eigenvalue weighted by Crippen LogP contribution is -2.39. The van der Waals surface area contributed by atoms with Gasteiger partial charge in [0.25, 0.3) is 5.91 Å². The van der Waals surface area contributed by atoms with Crippen LogP contribution in [0.2, 0.25) is 0 Å². The van der Waals surface area contributed by atoms with E-state index in [1.54, 1.807) is 7.11 Å². The molecule has 164 valence electrons. The van der Waals surface area contributed by atoms with E-state index in [-0.39, 0.29) is 5.91 Å². The first kappa shape index (κ1) is 21.7. The predicted molar refractivity (Wildman–Crippen MR) is 126 cm³/mol. The minimum absolute atomic E-state index is 0.00361. The number of ether oxygens (including phenoxy) is 2. The van der Waals surface area contributed by atoms with Crippen LogP contribution < -0.4 is 9.64 Å². The molecule has 0 unspecified atom stereocenters. The summed E-state index contributed by atoms with van der Waals surface area (Å²) in [6.07, 6.45) is 0.885. The van der Waals surface area contributed by atoms with Crippen molar-refractivity contribution in [3.05, 3.63) is 53.1 Å². The van der Waals surface area contributed by atoms with Crippen LogP contribution >= 0.6 is 11.3 Å². The largest absolute Gasteiger partial charge is 0.497 e. The third-order valence-corrected chi connectivity index (χ3v) is 6.82. The first-order chi connectivity index (χ1) is 15.0. The van der Waals surface area contributed by atoms with E-state index >= 15 is 0 Å². The Morgan fingerprint density at radius 2 is 1.97 bits per heavy atom. The smallest absolute Gasteiger partial charge is 0.260 e. The molecule has 0 radical (unpaired) electrons. The second-order valence-corrected chi connectivity index (χ2v) is 8.90. The van der Waals surface area contributed by atoms with E-state index < -0.39 is 0 Å². The van der Waals surface area contributed by atoms with Gasteiger partial charge >= 0.3 is 0 Å². The minimum Gasteiger partial charge on any atom is -0.497 e. The number of methoxy groups -OCH3 is 1. The first-order valence-electron chi connectivity index (χ1n) is 10.7. The molecule has 31 heavy (non-hydrogen) atoms. The molecular weight excluding hydrogens is 410 g/mol. The van der Waals surface area contributed by atoms with Crippen molar-refractivity contribution in [3.8, 4) is 5.75 Å². The van der Waals surface area contributed by atoms with Gasteiger partial charge in [-0.1, -0.05) is 17.4 Å². The Bertz CT molecular complexity index is 1060. The van der Waals surface area contributed by atoms with Gasteiger partial charge in [-0.15, -0.1) is 0 Å². The Kier molecular flexibility index (Phi) is 6.85. The Balaban J connectivity index is 1.59. The fourth-order valence-corrected chi connectivity index (χ4v) is 4.75. The minimum atomic E-state index is -0.00361. The van der Waals surface area contributed by atoms with Gasteiger partial charge in [0.1, 0.15) is 5.75 Å². The van der Waals surface area contributed by atoms with Gasteiger partial charge in [0.2, 0.25) is 0 Å². The molecule has 0 N–H and O–H groups in total. The topological polar surface area (TPSA) is 54.9 Å². The van der Waals surface area contributed by atoms with Gasteiger partial charge < -0.3 is 9.47 Å². The summed E-state index contributed by atoms with van der Waals surface area (Å²) in [5, 5.41) is 0.730. The maximum absolute atomic E-state index is 13.5. The number of aryl methyl sites for hydroxylation is 2. The van der Waals surface area contributed by atoms with Crippen molar-refractivity contribution in [2.75, 3.05) is 51.4 Å². The summed E-state index contributed by atoms with van der Waals surface area (Å²) in [6.45, 7) is 9.14. The fourth-order valence-electron chi connectivity index (χ4n) is 3.73. The summed E-state index contributed by atoms with van der Waals surface area (Å²) >= 11 is 1.53. The summed E-state index contributed by atoms with van der Waals surface area (Å²) in [4.78, 5) is 22.5. The van der Waals surface area contributed by atoms with Crippen LogP contribution in [0.4, 0.5) is 5.13 Å². The molecule has 2 aromatic carbocycles. The Hall–Kier alpha value is -2.48. The molecule has 3 aromatic rings. The van der Waals surface area contributed by atoms with E-state index in [1.165, 1.54) is 16.9 Å². The first-order valence-corrected chi connectivity index (χ1v) is 11.5. The number of anilines is 1. The van der Waals surface area contributed by atoms with Crippen LogP contribution in [0.25, 0.3) is 10.2 Å². The highest BCUT2D eigenvalue weighted by Gasteiger charge is 2.22. The van der Waals surface area contributed by atoms with E-state index in [1.807, 2.05) is 48.2 Å². The molecule has 0 bridgehead atoms. The van der Waals surface area contributed by atoms with Crippen molar-refractivity contribution in [3.63, 3.8) is 0 Å². The van der Waals surface area contributed by atoms with Gasteiger partial charge in [0.15, 0.2) is 5.13 Å². The van der Waals surface area contributed by atoms with Crippen molar-refractivity contribution in [2.45, 2.75) is 20.3 Å². The van der Waals surface area contributed by atoms with E-state index in [2.05, 4.69) is 11.8 Å². The van der Waals surface area contributed by atoms with Gasteiger partial charge in [0.05, 0.1) is 30.5 Å². The number of benzene rings is 2. The van der Waals surface area contributed by atoms with Crippen molar-refractivity contribution in [1.82, 2.24) is 9.88 Å². The van der Waals surface area contributed by atoms with Crippen LogP contribution in [0.5, 0.6) is 5.75 Å². The maximum atomic E-state index is 13.5. The van der Waals surface area contributed by atoms with Crippen LogP contribution in [-0.2, 0) is 4.74 Å². The van der Waals surface area contributed by atoms with E-state index in [0.29, 0.717) is 12.1 Å². The number of morpholine rings is 1. The highest BCUT2D eigenvalue weighted by molar-refractivity contribution is 7.22. The molecule has 1 fully saturated rings. The Morgan fingerprint density at radius 3 is 2.71 bits per heavy atom. The number of hydrogen-bond donors (Lipinski definition) is 0. The summed E-state index contributed by atoms with van der Waals surface area (Å²) in [6, 6.07) is 11.7. The molecule has 1 aliphatic heterocycles. The standard InChI is InChI=1S/C24H29N3O3S/c1-17-5-6-19(15-18(17)2)23(28)27(10-4-9-26-11-13-30-14-12-26)24-25-21-8-7-20(29-3)16-22(21)31-24/h5-8,15-16H,4,9-14H2,1-3H3. The zero-order valence-corrected chi connectivity index (χ0v) is 19.2. The molecule has 0 saturated carbocycles. The molecule has 1 aliphatic rings. The predicted octanol–water partition coefficient (Wildman–Crippen LogP) is 4.29. The summed E-state index contributed by atoms with van der Waals surface area (Å²) in [7, 11) is 1.66. The van der Waals surface area contributed by atoms with Crippen molar-refractivity contribution in [2.24, 2.45) is 0 Å². The number of hydrogen-bond acceptors (Lipinski definition) is 6. The Morgan fingerprint density at radius 1 is 1.16 bits per heavy atom. The summed E-state index contributed by atoms with van der Waals surface area (Å²) in [5.41, 5.74) is 3.88. The molecule has 0 spiro atoms. The highest BCUT2D eigenvalue weighted by Crippen LogP contribution is 2.32. The second kappa shape index (κ2) is 9.77. The molecule has 0 atom stereocenters. The van der Waals surface area contributed by atoms with Gasteiger partial charge in [-0.2, -0.15) is 0 Å². The molecule has 1 saturated heterocycles. The summed E-state index contributed by atoms with van der Waals surface area (Å²) in [5.74, 6) is 0.790. The molecular formula is C24H29N3O3S. The van der Waals surface area contributed by atoms with Gasteiger partial charge in [-0.25, -0.2) is 4.98 Å². The van der Waals surface area contributed by atoms with Crippen LogP contribution in [0, 0.1) is 13.8 Å². The van der Waals surface area contributed by atoms with Gasteiger partial charge in [-0.3, -0.25) is 14.6 Å². The Labute approximate surface area is 187 Å². The molecule has 1 amide bonds. The second-order valence-electron chi connectivity index (χ2n) is 7.89. The molecule has 7 heteroatoms. The third kappa shape index (κ3) is 5.06. The van der Waals surface area contributed by atoms with Crippen molar-refractivity contribution in [1.29, 1.82) is 0 Å². The van der Waals surface area contributed by atoms with E-state index in [0.717, 1.165) is 65.9 Å². The fraction of sp³-hybridized carbons (Fsp3) is 0.417.